The predicted molar refractivity (Wildman–Crippen MR) is 46.5 cm³/mol. The first kappa shape index (κ1) is 8.77. The monoisotopic (exact) mass is 167 g/mol. The average molecular weight is 167 g/mol. The highest BCUT2D eigenvalue weighted by Crippen LogP contribution is 2.00. The molecule has 0 saturated heterocycles. The maximum absolute atomic E-state index is 8.48. The Hall–Kier alpha value is -1.32. The van der Waals surface area contributed by atoms with E-state index >= 15 is 0 Å². The van der Waals surface area contributed by atoms with Crippen molar-refractivity contribution >= 4 is 5.71 Å². The van der Waals surface area contributed by atoms with Gasteiger partial charge in [0.1, 0.15) is 0 Å². The minimum Gasteiger partial charge on any atom is -0.411 e. The Balaban J connectivity index is 2.77. The number of aromatic nitrogens is 2. The molecule has 0 bridgehead atoms. The summed E-state index contributed by atoms with van der Waals surface area (Å²) in [6, 6.07) is 0. The fourth-order valence-corrected chi connectivity index (χ4v) is 0.960. The predicted octanol–water partition coefficient (Wildman–Crippen LogP) is 1.49. The quantitative estimate of drug-likeness (QED) is 0.421. The first-order chi connectivity index (χ1) is 5.77. The zero-order valence-electron chi connectivity index (χ0n) is 7.36. The van der Waals surface area contributed by atoms with E-state index < -0.39 is 0 Å². The van der Waals surface area contributed by atoms with Gasteiger partial charge in [-0.25, -0.2) is 0 Å². The van der Waals surface area contributed by atoms with E-state index in [0.717, 1.165) is 18.5 Å². The van der Waals surface area contributed by atoms with Gasteiger partial charge in [0.05, 0.1) is 11.9 Å². The van der Waals surface area contributed by atoms with Crippen molar-refractivity contribution in [2.45, 2.75) is 26.8 Å². The molecule has 0 atom stereocenters. The van der Waals surface area contributed by atoms with Crippen molar-refractivity contribution in [3.8, 4) is 0 Å². The molecule has 1 aromatic rings. The Morgan fingerprint density at radius 2 is 2.50 bits per heavy atom. The van der Waals surface area contributed by atoms with E-state index in [9.17, 15) is 0 Å². The second-order valence-electron chi connectivity index (χ2n) is 2.68. The Labute approximate surface area is 71.5 Å². The van der Waals surface area contributed by atoms with Gasteiger partial charge in [0.2, 0.25) is 0 Å². The lowest BCUT2D eigenvalue weighted by molar-refractivity contribution is 0.319. The van der Waals surface area contributed by atoms with Crippen molar-refractivity contribution in [3.63, 3.8) is 0 Å². The van der Waals surface area contributed by atoms with Crippen LogP contribution in [0.25, 0.3) is 0 Å². The third-order valence-electron chi connectivity index (χ3n) is 1.65. The van der Waals surface area contributed by atoms with Gasteiger partial charge in [-0.1, -0.05) is 12.1 Å². The first-order valence-corrected chi connectivity index (χ1v) is 3.99. The van der Waals surface area contributed by atoms with Crippen LogP contribution >= 0.6 is 0 Å². The average Bonchev–Trinajstić information content (AvgIpc) is 2.52. The summed E-state index contributed by atoms with van der Waals surface area (Å²) in [5, 5.41) is 15.7. The molecule has 0 aliphatic carbocycles. The number of nitrogens with zero attached hydrogens (tertiary/aromatic N) is 3. The molecule has 0 fully saturated rings. The zero-order valence-corrected chi connectivity index (χ0v) is 7.36. The van der Waals surface area contributed by atoms with Gasteiger partial charge in [0.15, 0.2) is 0 Å². The number of hydrogen-bond donors (Lipinski definition) is 1. The molecule has 0 aliphatic rings. The fraction of sp³-hybridized carbons (Fsp3) is 0.500. The molecule has 0 aromatic carbocycles. The van der Waals surface area contributed by atoms with Gasteiger partial charge in [0, 0.05) is 18.3 Å². The summed E-state index contributed by atoms with van der Waals surface area (Å²) < 4.78 is 1.84. The van der Waals surface area contributed by atoms with Gasteiger partial charge in [0.25, 0.3) is 0 Å². The van der Waals surface area contributed by atoms with E-state index in [1.54, 1.807) is 13.1 Å². The van der Waals surface area contributed by atoms with Gasteiger partial charge in [-0.15, -0.1) is 0 Å². The molecule has 4 nitrogen and oxygen atoms in total. The van der Waals surface area contributed by atoms with E-state index in [1.807, 2.05) is 10.9 Å². The second kappa shape index (κ2) is 3.90. The number of rotatable bonds is 3. The van der Waals surface area contributed by atoms with E-state index in [1.165, 1.54) is 0 Å². The normalized spacial score (nSPS) is 12.0. The van der Waals surface area contributed by atoms with Gasteiger partial charge < -0.3 is 5.21 Å². The van der Waals surface area contributed by atoms with Gasteiger partial charge in [-0.05, 0) is 13.3 Å². The van der Waals surface area contributed by atoms with Crippen LogP contribution in [0.1, 0.15) is 25.8 Å². The molecule has 1 aromatic heterocycles. The van der Waals surface area contributed by atoms with Crippen LogP contribution in [0.5, 0.6) is 0 Å². The number of aryl methyl sites for hydroxylation is 1. The highest BCUT2D eigenvalue weighted by atomic mass is 16.4. The molecule has 4 heteroatoms. The minimum absolute atomic E-state index is 0.595. The van der Waals surface area contributed by atoms with Crippen LogP contribution < -0.4 is 0 Å². The lowest BCUT2D eigenvalue weighted by Gasteiger charge is -1.94. The third kappa shape index (κ3) is 1.84. The summed E-state index contributed by atoms with van der Waals surface area (Å²) in [5.74, 6) is 0. The van der Waals surface area contributed by atoms with Crippen LogP contribution in [0.4, 0.5) is 0 Å². The van der Waals surface area contributed by atoms with Crippen LogP contribution in [0, 0.1) is 0 Å². The number of hydrogen-bond acceptors (Lipinski definition) is 3. The summed E-state index contributed by atoms with van der Waals surface area (Å²) >= 11 is 0. The van der Waals surface area contributed by atoms with Crippen LogP contribution in [0.3, 0.4) is 0 Å². The minimum atomic E-state index is 0.595. The fourth-order valence-electron chi connectivity index (χ4n) is 0.960. The first-order valence-electron chi connectivity index (χ1n) is 3.99. The highest BCUT2D eigenvalue weighted by Gasteiger charge is 2.00. The molecule has 0 unspecified atom stereocenters. The molecule has 1 rings (SSSR count). The van der Waals surface area contributed by atoms with Gasteiger partial charge in [-0.3, -0.25) is 4.68 Å². The summed E-state index contributed by atoms with van der Waals surface area (Å²) in [6.45, 7) is 4.74. The number of oxime groups is 1. The molecule has 0 amide bonds. The van der Waals surface area contributed by atoms with E-state index in [4.69, 9.17) is 5.21 Å². The van der Waals surface area contributed by atoms with Crippen molar-refractivity contribution in [3.05, 3.63) is 18.0 Å². The topological polar surface area (TPSA) is 50.4 Å². The molecule has 12 heavy (non-hydrogen) atoms. The molecule has 1 heterocycles. The lowest BCUT2D eigenvalue weighted by Crippen LogP contribution is -1.96. The van der Waals surface area contributed by atoms with Crippen LogP contribution in [0.2, 0.25) is 0 Å². The highest BCUT2D eigenvalue weighted by molar-refractivity contribution is 5.97. The van der Waals surface area contributed by atoms with Crippen molar-refractivity contribution in [2.75, 3.05) is 0 Å². The SMILES string of the molecule is CCCn1cc(/C(C)=N/O)cn1. The standard InChI is InChI=1S/C8H13N3O/c1-3-4-11-6-8(5-9-11)7(2)10-12/h5-6,12H,3-4H2,1-2H3/b10-7+. The van der Waals surface area contributed by atoms with Crippen molar-refractivity contribution < 1.29 is 5.21 Å². The Morgan fingerprint density at radius 3 is 3.08 bits per heavy atom. The molecule has 1 N–H and O–H groups in total. The molecule has 0 spiro atoms. The molecule has 0 aliphatic heterocycles. The van der Waals surface area contributed by atoms with E-state index in [0.29, 0.717) is 5.71 Å². The van der Waals surface area contributed by atoms with Crippen molar-refractivity contribution in [1.29, 1.82) is 0 Å². The van der Waals surface area contributed by atoms with Crippen LogP contribution in [0.15, 0.2) is 17.5 Å². The van der Waals surface area contributed by atoms with E-state index in [2.05, 4.69) is 17.2 Å². The molecule has 0 saturated carbocycles. The second-order valence-corrected chi connectivity index (χ2v) is 2.68. The van der Waals surface area contributed by atoms with Gasteiger partial charge >= 0.3 is 0 Å². The Bertz CT molecular complexity index is 278. The molecular formula is C8H13N3O. The van der Waals surface area contributed by atoms with Gasteiger partial charge in [-0.2, -0.15) is 5.10 Å². The van der Waals surface area contributed by atoms with Crippen LogP contribution in [-0.4, -0.2) is 20.7 Å². The van der Waals surface area contributed by atoms with Crippen LogP contribution in [-0.2, 0) is 6.54 Å². The van der Waals surface area contributed by atoms with Crippen molar-refractivity contribution in [2.24, 2.45) is 5.16 Å². The van der Waals surface area contributed by atoms with E-state index in [-0.39, 0.29) is 0 Å². The third-order valence-corrected chi connectivity index (χ3v) is 1.65. The summed E-state index contributed by atoms with van der Waals surface area (Å²) in [5.41, 5.74) is 1.46. The summed E-state index contributed by atoms with van der Waals surface area (Å²) in [6.07, 6.45) is 4.62. The largest absolute Gasteiger partial charge is 0.411 e. The Morgan fingerprint density at radius 1 is 1.75 bits per heavy atom. The summed E-state index contributed by atoms with van der Waals surface area (Å²) in [4.78, 5) is 0. The lowest BCUT2D eigenvalue weighted by atomic mass is 10.2. The smallest absolute Gasteiger partial charge is 0.0868 e. The molecule has 66 valence electrons. The summed E-state index contributed by atoms with van der Waals surface area (Å²) in [7, 11) is 0. The maximum atomic E-state index is 8.48. The Kier molecular flexibility index (Phi) is 2.85. The molecule has 0 radical (unpaired) electrons. The zero-order chi connectivity index (χ0) is 8.97. The molecular weight excluding hydrogens is 154 g/mol. The maximum Gasteiger partial charge on any atom is 0.0868 e. The van der Waals surface area contributed by atoms with Crippen molar-refractivity contribution in [1.82, 2.24) is 9.78 Å².